The van der Waals surface area contributed by atoms with E-state index in [1.165, 1.54) is 0 Å². The van der Waals surface area contributed by atoms with Crippen molar-refractivity contribution in [1.82, 2.24) is 0 Å². The molecule has 82 valence electrons. The molecule has 0 aliphatic heterocycles. The summed E-state index contributed by atoms with van der Waals surface area (Å²) in [5.74, 6) is 0.635. The third-order valence-electron chi connectivity index (χ3n) is 2.13. The second kappa shape index (κ2) is 5.19. The van der Waals surface area contributed by atoms with Crippen LogP contribution in [0.2, 0.25) is 5.02 Å². The van der Waals surface area contributed by atoms with Gasteiger partial charge in [0.15, 0.2) is 0 Å². The summed E-state index contributed by atoms with van der Waals surface area (Å²) in [6, 6.07) is 5.60. The van der Waals surface area contributed by atoms with Crippen LogP contribution in [0.1, 0.15) is 31.0 Å². The molecule has 0 aromatic heterocycles. The fourth-order valence-electron chi connectivity index (χ4n) is 1.33. The summed E-state index contributed by atoms with van der Waals surface area (Å²) in [6.45, 7) is 8.24. The van der Waals surface area contributed by atoms with Crippen molar-refractivity contribution in [3.8, 4) is 0 Å². The third-order valence-corrected chi connectivity index (χ3v) is 2.46. The fraction of sp³-hybridized carbons (Fsp3) is 0.333. The molecule has 1 atom stereocenters. The summed E-state index contributed by atoms with van der Waals surface area (Å²) >= 11 is 6.09. The van der Waals surface area contributed by atoms with Crippen LogP contribution in [0.25, 0.3) is 5.76 Å². The third kappa shape index (κ3) is 2.98. The van der Waals surface area contributed by atoms with E-state index in [0.717, 1.165) is 11.1 Å². The van der Waals surface area contributed by atoms with E-state index in [2.05, 4.69) is 6.58 Å². The Morgan fingerprint density at radius 2 is 2.27 bits per heavy atom. The van der Waals surface area contributed by atoms with E-state index in [0.29, 0.717) is 17.4 Å². The zero-order chi connectivity index (χ0) is 11.4. The van der Waals surface area contributed by atoms with Gasteiger partial charge in [-0.3, -0.25) is 0 Å². The van der Waals surface area contributed by atoms with Crippen molar-refractivity contribution in [2.45, 2.75) is 19.9 Å². The molecular weight excluding hydrogens is 210 g/mol. The SMILES string of the molecule is C=C(OCC)c1ccc(C(C)N)c(Cl)c1. The summed E-state index contributed by atoms with van der Waals surface area (Å²) in [4.78, 5) is 0. The molecule has 0 radical (unpaired) electrons. The largest absolute Gasteiger partial charge is 0.494 e. The summed E-state index contributed by atoms with van der Waals surface area (Å²) < 4.78 is 5.30. The first-order chi connectivity index (χ1) is 7.06. The Morgan fingerprint density at radius 1 is 1.60 bits per heavy atom. The lowest BCUT2D eigenvalue weighted by molar-refractivity contribution is 0.299. The minimum Gasteiger partial charge on any atom is -0.494 e. The summed E-state index contributed by atoms with van der Waals surface area (Å²) in [7, 11) is 0. The Morgan fingerprint density at radius 3 is 2.73 bits per heavy atom. The highest BCUT2D eigenvalue weighted by atomic mass is 35.5. The molecule has 0 aliphatic rings. The minimum atomic E-state index is -0.0630. The Labute approximate surface area is 95.7 Å². The van der Waals surface area contributed by atoms with Gasteiger partial charge in [-0.05, 0) is 25.5 Å². The molecule has 0 saturated carbocycles. The lowest BCUT2D eigenvalue weighted by atomic mass is 10.1. The second-order valence-corrected chi connectivity index (χ2v) is 3.79. The second-order valence-electron chi connectivity index (χ2n) is 3.38. The molecule has 0 spiro atoms. The number of hydrogen-bond acceptors (Lipinski definition) is 2. The summed E-state index contributed by atoms with van der Waals surface area (Å²) in [6.07, 6.45) is 0. The maximum Gasteiger partial charge on any atom is 0.119 e. The Kier molecular flexibility index (Phi) is 4.18. The molecular formula is C12H16ClNO. The van der Waals surface area contributed by atoms with Crippen LogP contribution < -0.4 is 5.73 Å². The highest BCUT2D eigenvalue weighted by Gasteiger charge is 2.07. The molecule has 1 aromatic carbocycles. The van der Waals surface area contributed by atoms with Gasteiger partial charge >= 0.3 is 0 Å². The van der Waals surface area contributed by atoms with E-state index in [1.807, 2.05) is 32.0 Å². The van der Waals surface area contributed by atoms with Crippen LogP contribution in [0.5, 0.6) is 0 Å². The Bertz CT molecular complexity index is 361. The molecule has 1 unspecified atom stereocenters. The molecule has 2 N–H and O–H groups in total. The topological polar surface area (TPSA) is 35.2 Å². The lowest BCUT2D eigenvalue weighted by Gasteiger charge is -2.11. The van der Waals surface area contributed by atoms with Crippen molar-refractivity contribution in [3.63, 3.8) is 0 Å². The van der Waals surface area contributed by atoms with Crippen molar-refractivity contribution in [2.75, 3.05) is 6.61 Å². The molecule has 1 aromatic rings. The number of ether oxygens (including phenoxy) is 1. The zero-order valence-electron chi connectivity index (χ0n) is 9.09. The maximum absolute atomic E-state index is 6.09. The summed E-state index contributed by atoms with van der Waals surface area (Å²) in [5, 5.41) is 0.656. The van der Waals surface area contributed by atoms with Gasteiger partial charge in [0, 0.05) is 16.6 Å². The first-order valence-electron chi connectivity index (χ1n) is 4.93. The van der Waals surface area contributed by atoms with Crippen molar-refractivity contribution in [1.29, 1.82) is 0 Å². The number of benzene rings is 1. The van der Waals surface area contributed by atoms with Gasteiger partial charge < -0.3 is 10.5 Å². The molecule has 0 aliphatic carbocycles. The molecule has 0 amide bonds. The molecule has 1 rings (SSSR count). The average molecular weight is 226 g/mol. The first-order valence-corrected chi connectivity index (χ1v) is 5.31. The smallest absolute Gasteiger partial charge is 0.119 e. The zero-order valence-corrected chi connectivity index (χ0v) is 9.84. The maximum atomic E-state index is 6.09. The molecule has 0 saturated heterocycles. The van der Waals surface area contributed by atoms with E-state index < -0.39 is 0 Å². The van der Waals surface area contributed by atoms with Crippen molar-refractivity contribution in [2.24, 2.45) is 5.73 Å². The van der Waals surface area contributed by atoms with Gasteiger partial charge in [-0.1, -0.05) is 30.3 Å². The van der Waals surface area contributed by atoms with Crippen LogP contribution in [0.15, 0.2) is 24.8 Å². The predicted octanol–water partition coefficient (Wildman–Crippen LogP) is 3.37. The normalized spacial score (nSPS) is 12.3. The van der Waals surface area contributed by atoms with Crippen molar-refractivity contribution in [3.05, 3.63) is 40.9 Å². The van der Waals surface area contributed by atoms with Crippen molar-refractivity contribution < 1.29 is 4.74 Å². The first kappa shape index (κ1) is 12.1. The number of nitrogens with two attached hydrogens (primary N) is 1. The Balaban J connectivity index is 2.96. The van der Waals surface area contributed by atoms with E-state index >= 15 is 0 Å². The van der Waals surface area contributed by atoms with Crippen LogP contribution in [0.4, 0.5) is 0 Å². The van der Waals surface area contributed by atoms with Crippen LogP contribution in [0.3, 0.4) is 0 Å². The van der Waals surface area contributed by atoms with Gasteiger partial charge in [0.1, 0.15) is 5.76 Å². The molecule has 15 heavy (non-hydrogen) atoms. The van der Waals surface area contributed by atoms with E-state index in [9.17, 15) is 0 Å². The number of rotatable bonds is 4. The molecule has 0 bridgehead atoms. The van der Waals surface area contributed by atoms with E-state index in [4.69, 9.17) is 22.1 Å². The Hall–Kier alpha value is -0.990. The highest BCUT2D eigenvalue weighted by Crippen LogP contribution is 2.25. The van der Waals surface area contributed by atoms with Gasteiger partial charge in [0.25, 0.3) is 0 Å². The molecule has 3 heteroatoms. The quantitative estimate of drug-likeness (QED) is 0.798. The van der Waals surface area contributed by atoms with Gasteiger partial charge in [-0.2, -0.15) is 0 Å². The molecule has 0 heterocycles. The van der Waals surface area contributed by atoms with Gasteiger partial charge in [0.05, 0.1) is 6.61 Å². The van der Waals surface area contributed by atoms with E-state index in [1.54, 1.807) is 0 Å². The lowest BCUT2D eigenvalue weighted by Crippen LogP contribution is -2.05. The van der Waals surface area contributed by atoms with Gasteiger partial charge in [-0.15, -0.1) is 0 Å². The molecule has 0 fully saturated rings. The van der Waals surface area contributed by atoms with Crippen LogP contribution in [-0.4, -0.2) is 6.61 Å². The van der Waals surface area contributed by atoms with Crippen LogP contribution in [0, 0.1) is 0 Å². The number of hydrogen-bond donors (Lipinski definition) is 1. The monoisotopic (exact) mass is 225 g/mol. The fourth-order valence-corrected chi connectivity index (χ4v) is 1.68. The van der Waals surface area contributed by atoms with Gasteiger partial charge in [-0.25, -0.2) is 0 Å². The van der Waals surface area contributed by atoms with Crippen molar-refractivity contribution >= 4 is 17.4 Å². The minimum absolute atomic E-state index is 0.0630. The average Bonchev–Trinajstić information content (AvgIpc) is 2.17. The van der Waals surface area contributed by atoms with Crippen LogP contribution >= 0.6 is 11.6 Å². The summed E-state index contributed by atoms with van der Waals surface area (Å²) in [5.41, 5.74) is 7.59. The highest BCUT2D eigenvalue weighted by molar-refractivity contribution is 6.31. The van der Waals surface area contributed by atoms with E-state index in [-0.39, 0.29) is 6.04 Å². The van der Waals surface area contributed by atoms with Crippen LogP contribution in [-0.2, 0) is 4.74 Å². The molecule has 2 nitrogen and oxygen atoms in total. The number of halogens is 1. The standard InChI is InChI=1S/C12H16ClNO/c1-4-15-9(3)10-5-6-11(8(2)14)12(13)7-10/h5-8H,3-4,14H2,1-2H3. The van der Waals surface area contributed by atoms with Gasteiger partial charge in [0.2, 0.25) is 0 Å². The predicted molar refractivity (Wildman–Crippen MR) is 64.7 cm³/mol.